The highest BCUT2D eigenvalue weighted by Crippen LogP contribution is 2.06. The lowest BCUT2D eigenvalue weighted by atomic mass is 10.1. The Bertz CT molecular complexity index is 612. The minimum absolute atomic E-state index is 0.0110. The van der Waals surface area contributed by atoms with Gasteiger partial charge in [0, 0.05) is 31.7 Å². The van der Waals surface area contributed by atoms with E-state index in [2.05, 4.69) is 20.4 Å². The molecule has 0 aliphatic rings. The van der Waals surface area contributed by atoms with Gasteiger partial charge in [-0.1, -0.05) is 5.16 Å². The average Bonchev–Trinajstić information content (AvgIpc) is 2.49. The van der Waals surface area contributed by atoms with Crippen LogP contribution in [0.1, 0.15) is 22.4 Å². The molecule has 2 rings (SSSR count). The number of hydrogen-bond acceptors (Lipinski definition) is 5. The molecule has 2 heterocycles. The molecule has 6 nitrogen and oxygen atoms in total. The monoisotopic (exact) mass is 271 g/mol. The molecule has 0 fully saturated rings. The number of aromatic nitrogens is 2. The smallest absolute Gasteiger partial charge is 0.188 e. The van der Waals surface area contributed by atoms with Crippen LogP contribution in [-0.2, 0) is 13.1 Å². The molecule has 0 atom stereocenters. The second-order valence-electron chi connectivity index (χ2n) is 4.44. The van der Waals surface area contributed by atoms with Gasteiger partial charge in [0.2, 0.25) is 0 Å². The van der Waals surface area contributed by atoms with Crippen molar-refractivity contribution in [1.29, 1.82) is 0 Å². The van der Waals surface area contributed by atoms with E-state index in [9.17, 15) is 0 Å². The van der Waals surface area contributed by atoms with E-state index in [-0.39, 0.29) is 5.84 Å². The maximum Gasteiger partial charge on any atom is 0.188 e. The van der Waals surface area contributed by atoms with Gasteiger partial charge in [0.1, 0.15) is 5.69 Å². The Morgan fingerprint density at radius 3 is 2.95 bits per heavy atom. The summed E-state index contributed by atoms with van der Waals surface area (Å²) >= 11 is 0. The molecule has 0 amide bonds. The number of amidine groups is 1. The number of rotatable bonds is 5. The Morgan fingerprint density at radius 1 is 1.35 bits per heavy atom. The van der Waals surface area contributed by atoms with E-state index in [1.54, 1.807) is 18.5 Å². The van der Waals surface area contributed by atoms with Crippen molar-refractivity contribution in [3.8, 4) is 0 Å². The van der Waals surface area contributed by atoms with Crippen molar-refractivity contribution < 1.29 is 5.21 Å². The number of pyridine rings is 2. The molecule has 4 N–H and O–H groups in total. The predicted octanol–water partition coefficient (Wildman–Crippen LogP) is 1.17. The van der Waals surface area contributed by atoms with Crippen LogP contribution in [-0.4, -0.2) is 21.0 Å². The zero-order valence-electron chi connectivity index (χ0n) is 11.2. The number of nitrogens with one attached hydrogen (secondary N) is 1. The molecule has 104 valence electrons. The third-order valence-corrected chi connectivity index (χ3v) is 2.98. The van der Waals surface area contributed by atoms with Crippen molar-refractivity contribution in [2.45, 2.75) is 20.0 Å². The van der Waals surface area contributed by atoms with Gasteiger partial charge in [-0.15, -0.1) is 0 Å². The van der Waals surface area contributed by atoms with E-state index in [1.165, 1.54) is 5.56 Å². The highest BCUT2D eigenvalue weighted by atomic mass is 16.4. The lowest BCUT2D eigenvalue weighted by Crippen LogP contribution is -2.17. The van der Waals surface area contributed by atoms with Crippen LogP contribution >= 0.6 is 0 Å². The fraction of sp³-hybridized carbons (Fsp3) is 0.214. The van der Waals surface area contributed by atoms with Crippen LogP contribution in [0.4, 0.5) is 0 Å². The Labute approximate surface area is 117 Å². The highest BCUT2D eigenvalue weighted by Gasteiger charge is 2.02. The zero-order chi connectivity index (χ0) is 14.4. The van der Waals surface area contributed by atoms with E-state index in [0.717, 1.165) is 17.7 Å². The number of oxime groups is 1. The molecule has 20 heavy (non-hydrogen) atoms. The highest BCUT2D eigenvalue weighted by molar-refractivity contribution is 5.95. The number of nitrogens with zero attached hydrogens (tertiary/aromatic N) is 3. The van der Waals surface area contributed by atoms with Gasteiger partial charge >= 0.3 is 0 Å². The molecule has 2 aromatic rings. The van der Waals surface area contributed by atoms with Crippen molar-refractivity contribution in [1.82, 2.24) is 15.3 Å². The Hall–Kier alpha value is -2.47. The third kappa shape index (κ3) is 3.52. The Balaban J connectivity index is 1.96. The minimum Gasteiger partial charge on any atom is -0.409 e. The summed E-state index contributed by atoms with van der Waals surface area (Å²) < 4.78 is 0. The first-order chi connectivity index (χ1) is 9.70. The number of aryl methyl sites for hydroxylation is 1. The summed E-state index contributed by atoms with van der Waals surface area (Å²) in [6.07, 6.45) is 5.27. The van der Waals surface area contributed by atoms with Crippen LogP contribution in [0.5, 0.6) is 0 Å². The van der Waals surface area contributed by atoms with Crippen LogP contribution in [0, 0.1) is 6.92 Å². The second-order valence-corrected chi connectivity index (χ2v) is 4.44. The summed E-state index contributed by atoms with van der Waals surface area (Å²) in [6, 6.07) is 5.68. The summed E-state index contributed by atoms with van der Waals surface area (Å²) in [5, 5.41) is 14.9. The van der Waals surface area contributed by atoms with Crippen molar-refractivity contribution in [3.63, 3.8) is 0 Å². The maximum atomic E-state index is 8.64. The van der Waals surface area contributed by atoms with Gasteiger partial charge in [-0.2, -0.15) is 0 Å². The summed E-state index contributed by atoms with van der Waals surface area (Å²) in [4.78, 5) is 8.10. The molecule has 6 heteroatoms. The quantitative estimate of drug-likeness (QED) is 0.328. The molecule has 0 spiro atoms. The summed E-state index contributed by atoms with van der Waals surface area (Å²) in [6.45, 7) is 3.47. The molecule has 0 saturated carbocycles. The van der Waals surface area contributed by atoms with Crippen LogP contribution in [0.15, 0.2) is 41.9 Å². The molecule has 0 aromatic carbocycles. The third-order valence-electron chi connectivity index (χ3n) is 2.98. The van der Waals surface area contributed by atoms with Crippen molar-refractivity contribution >= 4 is 5.84 Å². The predicted molar refractivity (Wildman–Crippen MR) is 76.3 cm³/mol. The topological polar surface area (TPSA) is 96.4 Å². The number of nitrogens with two attached hydrogens (primary N) is 1. The van der Waals surface area contributed by atoms with Gasteiger partial charge in [0.25, 0.3) is 0 Å². The van der Waals surface area contributed by atoms with Gasteiger partial charge in [-0.05, 0) is 41.8 Å². The summed E-state index contributed by atoms with van der Waals surface area (Å²) in [5.41, 5.74) is 9.37. The van der Waals surface area contributed by atoms with E-state index >= 15 is 0 Å². The van der Waals surface area contributed by atoms with Gasteiger partial charge in [-0.3, -0.25) is 9.97 Å². The minimum atomic E-state index is 0.0110. The normalized spacial score (nSPS) is 11.6. The molecule has 0 saturated heterocycles. The van der Waals surface area contributed by atoms with E-state index in [4.69, 9.17) is 10.9 Å². The van der Waals surface area contributed by atoms with Crippen molar-refractivity contribution in [3.05, 3.63) is 59.2 Å². The molecular weight excluding hydrogens is 254 g/mol. The van der Waals surface area contributed by atoms with Crippen molar-refractivity contribution in [2.24, 2.45) is 10.9 Å². The van der Waals surface area contributed by atoms with E-state index in [1.807, 2.05) is 25.3 Å². The first-order valence-corrected chi connectivity index (χ1v) is 6.23. The Morgan fingerprint density at radius 2 is 2.20 bits per heavy atom. The summed E-state index contributed by atoms with van der Waals surface area (Å²) in [5.74, 6) is 0.0110. The van der Waals surface area contributed by atoms with Gasteiger partial charge in [0.15, 0.2) is 5.84 Å². The van der Waals surface area contributed by atoms with Crippen LogP contribution in [0.2, 0.25) is 0 Å². The fourth-order valence-corrected chi connectivity index (χ4v) is 1.82. The Kier molecular flexibility index (Phi) is 4.62. The lowest BCUT2D eigenvalue weighted by molar-refractivity contribution is 0.318. The maximum absolute atomic E-state index is 8.64. The van der Waals surface area contributed by atoms with E-state index < -0.39 is 0 Å². The van der Waals surface area contributed by atoms with E-state index in [0.29, 0.717) is 12.2 Å². The van der Waals surface area contributed by atoms with Crippen LogP contribution in [0.25, 0.3) is 0 Å². The molecule has 0 unspecified atom stereocenters. The molecule has 0 aliphatic heterocycles. The van der Waals surface area contributed by atoms with Crippen molar-refractivity contribution in [2.75, 3.05) is 0 Å². The number of hydrogen-bond donors (Lipinski definition) is 3. The SMILES string of the molecule is Cc1cnccc1CNCc1ccnc(/C(N)=N/O)c1. The molecular formula is C14H17N5O. The molecule has 0 bridgehead atoms. The average molecular weight is 271 g/mol. The standard InChI is InChI=1S/C14H17N5O/c1-10-7-16-4-3-12(10)9-17-8-11-2-5-18-13(6-11)14(15)19-20/h2-7,17,20H,8-9H2,1H3,(H2,15,19). The van der Waals surface area contributed by atoms with Gasteiger partial charge in [-0.25, -0.2) is 0 Å². The molecule has 2 aromatic heterocycles. The fourth-order valence-electron chi connectivity index (χ4n) is 1.82. The second kappa shape index (κ2) is 6.63. The zero-order valence-corrected chi connectivity index (χ0v) is 11.2. The lowest BCUT2D eigenvalue weighted by Gasteiger charge is -2.08. The van der Waals surface area contributed by atoms with Crippen LogP contribution in [0.3, 0.4) is 0 Å². The van der Waals surface area contributed by atoms with Crippen LogP contribution < -0.4 is 11.1 Å². The summed E-state index contributed by atoms with van der Waals surface area (Å²) in [7, 11) is 0. The first kappa shape index (κ1) is 14.0. The largest absolute Gasteiger partial charge is 0.409 e. The first-order valence-electron chi connectivity index (χ1n) is 6.23. The molecule has 0 radical (unpaired) electrons. The van der Waals surface area contributed by atoms with Gasteiger partial charge in [0.05, 0.1) is 0 Å². The van der Waals surface area contributed by atoms with Gasteiger partial charge < -0.3 is 16.3 Å². The molecule has 0 aliphatic carbocycles.